The fourth-order valence-electron chi connectivity index (χ4n) is 2.08. The molecule has 1 heteroatoms. The first kappa shape index (κ1) is 9.05. The van der Waals surface area contributed by atoms with Crippen LogP contribution in [0.2, 0.25) is 0 Å². The Morgan fingerprint density at radius 3 is 2.18 bits per heavy atom. The molecule has 0 spiro atoms. The molecular formula is C10H21N. The van der Waals surface area contributed by atoms with E-state index in [4.69, 9.17) is 0 Å². The van der Waals surface area contributed by atoms with E-state index in [-0.39, 0.29) is 0 Å². The Kier molecular flexibility index (Phi) is 2.94. The molecular weight excluding hydrogens is 134 g/mol. The molecule has 0 unspecified atom stereocenters. The number of rotatable bonds is 2. The summed E-state index contributed by atoms with van der Waals surface area (Å²) in [6.07, 6.45) is 7.11. The molecule has 1 nitrogen and oxygen atoms in total. The van der Waals surface area contributed by atoms with Crippen LogP contribution in [-0.2, 0) is 0 Å². The Labute approximate surface area is 70.8 Å². The van der Waals surface area contributed by atoms with Gasteiger partial charge in [0.05, 0.1) is 0 Å². The van der Waals surface area contributed by atoms with Gasteiger partial charge in [-0.2, -0.15) is 0 Å². The molecule has 0 aromatic carbocycles. The highest BCUT2D eigenvalue weighted by atomic mass is 15.2. The summed E-state index contributed by atoms with van der Waals surface area (Å²) >= 11 is 0. The van der Waals surface area contributed by atoms with Gasteiger partial charge in [-0.25, -0.2) is 0 Å². The topological polar surface area (TPSA) is 3.24 Å². The van der Waals surface area contributed by atoms with Gasteiger partial charge in [0.15, 0.2) is 0 Å². The predicted molar refractivity (Wildman–Crippen MR) is 49.8 cm³/mol. The first-order valence-corrected chi connectivity index (χ1v) is 4.90. The average molecular weight is 155 g/mol. The summed E-state index contributed by atoms with van der Waals surface area (Å²) in [6, 6.07) is 0. The Morgan fingerprint density at radius 1 is 1.18 bits per heavy atom. The van der Waals surface area contributed by atoms with Crippen molar-refractivity contribution in [3.8, 4) is 0 Å². The van der Waals surface area contributed by atoms with Gasteiger partial charge in [-0.3, -0.25) is 0 Å². The molecule has 11 heavy (non-hydrogen) atoms. The van der Waals surface area contributed by atoms with Crippen molar-refractivity contribution in [2.75, 3.05) is 13.6 Å². The first-order chi connectivity index (χ1) is 5.19. The molecule has 0 N–H and O–H groups in total. The van der Waals surface area contributed by atoms with Crippen LogP contribution in [0.1, 0.15) is 46.0 Å². The highest BCUT2D eigenvalue weighted by Gasteiger charge is 2.29. The Morgan fingerprint density at radius 2 is 1.73 bits per heavy atom. The monoisotopic (exact) mass is 155 g/mol. The van der Waals surface area contributed by atoms with Crippen LogP contribution in [0.4, 0.5) is 0 Å². The quantitative estimate of drug-likeness (QED) is 0.592. The number of nitrogens with zero attached hydrogens (tertiary/aromatic N) is 1. The summed E-state index contributed by atoms with van der Waals surface area (Å²) in [5.74, 6) is 0. The molecule has 1 rings (SSSR count). The molecule has 0 aliphatic heterocycles. The van der Waals surface area contributed by atoms with E-state index in [9.17, 15) is 0 Å². The lowest BCUT2D eigenvalue weighted by Crippen LogP contribution is -2.44. The second kappa shape index (κ2) is 3.57. The molecule has 0 aromatic rings. The zero-order chi connectivity index (χ0) is 8.32. The van der Waals surface area contributed by atoms with Gasteiger partial charge in [-0.15, -0.1) is 0 Å². The molecule has 1 saturated carbocycles. The molecule has 1 aliphatic carbocycles. The number of hydrogen-bond acceptors (Lipinski definition) is 1. The molecule has 0 saturated heterocycles. The van der Waals surface area contributed by atoms with E-state index in [0.717, 1.165) is 0 Å². The van der Waals surface area contributed by atoms with Gasteiger partial charge >= 0.3 is 0 Å². The predicted octanol–water partition coefficient (Wildman–Crippen LogP) is 2.66. The van der Waals surface area contributed by atoms with Gasteiger partial charge in [-0.1, -0.05) is 26.2 Å². The normalized spacial score (nSPS) is 24.0. The molecule has 0 radical (unpaired) electrons. The smallest absolute Gasteiger partial charge is 0.0178 e. The Bertz CT molecular complexity index is 114. The second-order valence-corrected chi connectivity index (χ2v) is 4.07. The number of hydrogen-bond donors (Lipinski definition) is 0. The van der Waals surface area contributed by atoms with E-state index in [0.29, 0.717) is 5.54 Å². The lowest BCUT2D eigenvalue weighted by Gasteiger charge is -2.41. The van der Waals surface area contributed by atoms with Crippen molar-refractivity contribution in [1.82, 2.24) is 4.90 Å². The van der Waals surface area contributed by atoms with Crippen molar-refractivity contribution in [1.29, 1.82) is 0 Å². The van der Waals surface area contributed by atoms with Gasteiger partial charge in [0.1, 0.15) is 0 Å². The molecule has 0 bridgehead atoms. The highest BCUT2D eigenvalue weighted by Crippen LogP contribution is 2.31. The average Bonchev–Trinajstić information content (AvgIpc) is 2.04. The summed E-state index contributed by atoms with van der Waals surface area (Å²) in [5.41, 5.74) is 0.521. The molecule has 0 atom stereocenters. The van der Waals surface area contributed by atoms with Gasteiger partial charge in [0.25, 0.3) is 0 Å². The zero-order valence-corrected chi connectivity index (χ0v) is 8.19. The third-order valence-electron chi connectivity index (χ3n) is 3.33. The Hall–Kier alpha value is -0.0400. The summed E-state index contributed by atoms with van der Waals surface area (Å²) in [7, 11) is 2.26. The zero-order valence-electron chi connectivity index (χ0n) is 8.19. The minimum absolute atomic E-state index is 0.521. The van der Waals surface area contributed by atoms with Gasteiger partial charge in [0.2, 0.25) is 0 Å². The van der Waals surface area contributed by atoms with Crippen molar-refractivity contribution < 1.29 is 0 Å². The van der Waals surface area contributed by atoms with Crippen molar-refractivity contribution in [3.05, 3.63) is 0 Å². The maximum absolute atomic E-state index is 2.51. The van der Waals surface area contributed by atoms with E-state index >= 15 is 0 Å². The van der Waals surface area contributed by atoms with Crippen molar-refractivity contribution in [2.24, 2.45) is 0 Å². The standard InChI is InChI=1S/C10H21N/c1-4-11(3)10(2)8-6-5-7-9-10/h4-9H2,1-3H3. The Balaban J connectivity index is 2.49. The van der Waals surface area contributed by atoms with Gasteiger partial charge in [-0.05, 0) is 33.4 Å². The molecule has 0 heterocycles. The molecule has 66 valence electrons. The fraction of sp³-hybridized carbons (Fsp3) is 1.00. The molecule has 0 amide bonds. The van der Waals surface area contributed by atoms with Crippen LogP contribution in [-0.4, -0.2) is 24.0 Å². The van der Waals surface area contributed by atoms with Crippen LogP contribution in [0.25, 0.3) is 0 Å². The second-order valence-electron chi connectivity index (χ2n) is 4.07. The lowest BCUT2D eigenvalue weighted by atomic mass is 9.82. The summed E-state index contributed by atoms with van der Waals surface area (Å²) in [5, 5.41) is 0. The van der Waals surface area contributed by atoms with Crippen LogP contribution in [0.5, 0.6) is 0 Å². The maximum atomic E-state index is 2.51. The fourth-order valence-corrected chi connectivity index (χ4v) is 2.08. The van der Waals surface area contributed by atoms with E-state index in [1.807, 2.05) is 0 Å². The van der Waals surface area contributed by atoms with E-state index in [1.54, 1.807) is 0 Å². The van der Waals surface area contributed by atoms with Crippen LogP contribution >= 0.6 is 0 Å². The summed E-state index contributed by atoms with van der Waals surface area (Å²) < 4.78 is 0. The minimum atomic E-state index is 0.521. The van der Waals surface area contributed by atoms with Gasteiger partial charge in [0, 0.05) is 5.54 Å². The van der Waals surface area contributed by atoms with Crippen molar-refractivity contribution in [3.63, 3.8) is 0 Å². The van der Waals surface area contributed by atoms with Crippen LogP contribution in [0, 0.1) is 0 Å². The first-order valence-electron chi connectivity index (χ1n) is 4.90. The van der Waals surface area contributed by atoms with Crippen LogP contribution in [0.3, 0.4) is 0 Å². The van der Waals surface area contributed by atoms with Crippen LogP contribution in [0.15, 0.2) is 0 Å². The van der Waals surface area contributed by atoms with E-state index < -0.39 is 0 Å². The molecule has 1 fully saturated rings. The summed E-state index contributed by atoms with van der Waals surface area (Å²) in [6.45, 7) is 5.85. The van der Waals surface area contributed by atoms with Gasteiger partial charge < -0.3 is 4.90 Å². The van der Waals surface area contributed by atoms with E-state index in [2.05, 4.69) is 25.8 Å². The van der Waals surface area contributed by atoms with Crippen LogP contribution < -0.4 is 0 Å². The summed E-state index contributed by atoms with van der Waals surface area (Å²) in [4.78, 5) is 2.51. The third kappa shape index (κ3) is 1.96. The maximum Gasteiger partial charge on any atom is 0.0178 e. The van der Waals surface area contributed by atoms with E-state index in [1.165, 1.54) is 38.6 Å². The SMILES string of the molecule is CCN(C)C1(C)CCCCC1. The van der Waals surface area contributed by atoms with Crippen molar-refractivity contribution in [2.45, 2.75) is 51.5 Å². The molecule has 1 aliphatic rings. The highest BCUT2D eigenvalue weighted by molar-refractivity contribution is 4.86. The largest absolute Gasteiger partial charge is 0.301 e. The van der Waals surface area contributed by atoms with Crippen molar-refractivity contribution >= 4 is 0 Å². The third-order valence-corrected chi connectivity index (χ3v) is 3.33. The minimum Gasteiger partial charge on any atom is -0.301 e. The molecule has 0 aromatic heterocycles. The lowest BCUT2D eigenvalue weighted by molar-refractivity contribution is 0.0986.